The molecule has 29 heavy (non-hydrogen) atoms. The van der Waals surface area contributed by atoms with E-state index in [0.29, 0.717) is 30.3 Å². The van der Waals surface area contributed by atoms with E-state index in [1.807, 2.05) is 6.07 Å². The first-order chi connectivity index (χ1) is 13.8. The molecule has 0 spiro atoms. The van der Waals surface area contributed by atoms with Crippen LogP contribution in [0.1, 0.15) is 65.3 Å². The van der Waals surface area contributed by atoms with E-state index < -0.39 is 23.8 Å². The van der Waals surface area contributed by atoms with Gasteiger partial charge in [-0.2, -0.15) is 0 Å². The van der Waals surface area contributed by atoms with Crippen molar-refractivity contribution >= 4 is 23.6 Å². The SMILES string of the molecule is CC1(CN)CCC(NCc2ccc3c(c2)C(=O)N(C2CCC(=O)NC2=O)C3=O)C1. The molecule has 3 atom stereocenters. The van der Waals surface area contributed by atoms with Crippen molar-refractivity contribution < 1.29 is 19.2 Å². The Morgan fingerprint density at radius 2 is 1.93 bits per heavy atom. The number of benzene rings is 1. The van der Waals surface area contributed by atoms with Crippen molar-refractivity contribution in [2.75, 3.05) is 6.54 Å². The van der Waals surface area contributed by atoms with Gasteiger partial charge >= 0.3 is 0 Å². The van der Waals surface area contributed by atoms with Crippen LogP contribution in [0, 0.1) is 5.41 Å². The molecule has 4 amide bonds. The number of nitrogens with two attached hydrogens (primary N) is 1. The van der Waals surface area contributed by atoms with Crippen LogP contribution in [0.15, 0.2) is 18.2 Å². The molecule has 154 valence electrons. The monoisotopic (exact) mass is 398 g/mol. The van der Waals surface area contributed by atoms with Crippen LogP contribution < -0.4 is 16.4 Å². The molecule has 1 aromatic rings. The number of hydrogen-bond acceptors (Lipinski definition) is 6. The van der Waals surface area contributed by atoms with Crippen molar-refractivity contribution in [1.29, 1.82) is 0 Å². The first-order valence-electron chi connectivity index (χ1n) is 10.1. The molecular formula is C21H26N4O4. The highest BCUT2D eigenvalue weighted by Crippen LogP contribution is 2.36. The second-order valence-corrected chi connectivity index (χ2v) is 8.66. The van der Waals surface area contributed by atoms with Crippen molar-refractivity contribution in [3.63, 3.8) is 0 Å². The zero-order valence-corrected chi connectivity index (χ0v) is 16.5. The van der Waals surface area contributed by atoms with E-state index in [-0.39, 0.29) is 24.2 Å². The highest BCUT2D eigenvalue weighted by molar-refractivity contribution is 6.23. The summed E-state index contributed by atoms with van der Waals surface area (Å²) in [4.78, 5) is 50.1. The molecule has 4 rings (SSSR count). The second-order valence-electron chi connectivity index (χ2n) is 8.66. The standard InChI is InChI=1S/C21H26N4O4/c1-21(11-22)7-6-13(9-21)23-10-12-2-3-14-15(8-12)20(29)25(19(14)28)16-4-5-17(26)24-18(16)27/h2-3,8,13,16,23H,4-7,9-11,22H2,1H3,(H,24,26,27). The Balaban J connectivity index is 1.46. The summed E-state index contributed by atoms with van der Waals surface area (Å²) in [6.07, 6.45) is 3.46. The Kier molecular flexibility index (Phi) is 5.00. The summed E-state index contributed by atoms with van der Waals surface area (Å²) in [6.45, 7) is 3.48. The number of piperidine rings is 1. The van der Waals surface area contributed by atoms with Gasteiger partial charge in [0.25, 0.3) is 11.8 Å². The number of carbonyl (C=O) groups is 4. The number of imide groups is 2. The summed E-state index contributed by atoms with van der Waals surface area (Å²) in [7, 11) is 0. The second kappa shape index (κ2) is 7.35. The van der Waals surface area contributed by atoms with Gasteiger partial charge < -0.3 is 11.1 Å². The maximum atomic E-state index is 12.9. The summed E-state index contributed by atoms with van der Waals surface area (Å²) >= 11 is 0. The lowest BCUT2D eigenvalue weighted by molar-refractivity contribution is -0.136. The minimum atomic E-state index is -0.936. The van der Waals surface area contributed by atoms with Crippen LogP contribution >= 0.6 is 0 Å². The molecule has 2 aliphatic heterocycles. The van der Waals surface area contributed by atoms with Crippen molar-refractivity contribution in [3.8, 4) is 0 Å². The molecule has 0 aromatic heterocycles. The smallest absolute Gasteiger partial charge is 0.262 e. The number of carbonyl (C=O) groups excluding carboxylic acids is 4. The Hall–Kier alpha value is -2.58. The van der Waals surface area contributed by atoms with E-state index in [9.17, 15) is 19.2 Å². The van der Waals surface area contributed by atoms with E-state index in [1.165, 1.54) is 0 Å². The summed E-state index contributed by atoms with van der Waals surface area (Å²) < 4.78 is 0. The number of rotatable bonds is 5. The van der Waals surface area contributed by atoms with Crippen LogP contribution in [0.5, 0.6) is 0 Å². The first-order valence-corrected chi connectivity index (χ1v) is 10.1. The fourth-order valence-electron chi connectivity index (χ4n) is 4.57. The number of nitrogens with zero attached hydrogens (tertiary/aromatic N) is 1. The molecule has 1 aromatic carbocycles. The van der Waals surface area contributed by atoms with Gasteiger partial charge in [0.2, 0.25) is 11.8 Å². The lowest BCUT2D eigenvalue weighted by atomic mass is 9.89. The van der Waals surface area contributed by atoms with Crippen LogP contribution in [0.4, 0.5) is 0 Å². The van der Waals surface area contributed by atoms with E-state index in [4.69, 9.17) is 5.73 Å². The highest BCUT2D eigenvalue weighted by atomic mass is 16.2. The van der Waals surface area contributed by atoms with Crippen molar-refractivity contribution in [2.24, 2.45) is 11.1 Å². The molecule has 1 saturated heterocycles. The van der Waals surface area contributed by atoms with Gasteiger partial charge in [-0.15, -0.1) is 0 Å². The van der Waals surface area contributed by atoms with Crippen LogP contribution in [0.2, 0.25) is 0 Å². The largest absolute Gasteiger partial charge is 0.330 e. The summed E-state index contributed by atoms with van der Waals surface area (Å²) in [5.41, 5.74) is 7.59. The summed E-state index contributed by atoms with van der Waals surface area (Å²) in [5, 5.41) is 5.73. The number of amides is 4. The quantitative estimate of drug-likeness (QED) is 0.628. The van der Waals surface area contributed by atoms with Gasteiger partial charge in [0.05, 0.1) is 11.1 Å². The topological polar surface area (TPSA) is 122 Å². The molecular weight excluding hydrogens is 372 g/mol. The molecule has 1 aliphatic carbocycles. The number of fused-ring (bicyclic) bond motifs is 1. The van der Waals surface area contributed by atoms with E-state index in [0.717, 1.165) is 29.7 Å². The van der Waals surface area contributed by atoms with Crippen molar-refractivity contribution in [2.45, 2.75) is 57.7 Å². The van der Waals surface area contributed by atoms with Crippen LogP contribution in [-0.4, -0.2) is 47.2 Å². The van der Waals surface area contributed by atoms with Crippen molar-refractivity contribution in [3.05, 3.63) is 34.9 Å². The third-order valence-corrected chi connectivity index (χ3v) is 6.43. The lowest BCUT2D eigenvalue weighted by Crippen LogP contribution is -2.54. The summed E-state index contributed by atoms with van der Waals surface area (Å²) in [5.74, 6) is -1.93. The normalized spacial score (nSPS) is 29.4. The maximum Gasteiger partial charge on any atom is 0.262 e. The Morgan fingerprint density at radius 1 is 1.17 bits per heavy atom. The predicted octanol–water partition coefficient (Wildman–Crippen LogP) is 0.695. The molecule has 8 heteroatoms. The minimum absolute atomic E-state index is 0.113. The first kappa shape index (κ1) is 19.7. The van der Waals surface area contributed by atoms with Crippen LogP contribution in [0.25, 0.3) is 0 Å². The Labute approximate surface area is 169 Å². The highest BCUT2D eigenvalue weighted by Gasteiger charge is 2.44. The minimum Gasteiger partial charge on any atom is -0.330 e. The van der Waals surface area contributed by atoms with Gasteiger partial charge in [0, 0.05) is 19.0 Å². The summed E-state index contributed by atoms with van der Waals surface area (Å²) in [6, 6.07) is 4.66. The molecule has 3 aliphatic rings. The molecule has 3 unspecified atom stereocenters. The van der Waals surface area contributed by atoms with Crippen LogP contribution in [-0.2, 0) is 16.1 Å². The van der Waals surface area contributed by atoms with E-state index in [2.05, 4.69) is 17.6 Å². The Bertz CT molecular complexity index is 899. The van der Waals surface area contributed by atoms with Crippen LogP contribution in [0.3, 0.4) is 0 Å². The van der Waals surface area contributed by atoms with Gasteiger partial charge in [-0.1, -0.05) is 13.0 Å². The third-order valence-electron chi connectivity index (χ3n) is 6.43. The molecule has 2 heterocycles. The Morgan fingerprint density at radius 3 is 2.62 bits per heavy atom. The average molecular weight is 398 g/mol. The van der Waals surface area contributed by atoms with Gasteiger partial charge in [0.15, 0.2) is 0 Å². The molecule has 4 N–H and O–H groups in total. The maximum absolute atomic E-state index is 12.9. The average Bonchev–Trinajstić information content (AvgIpc) is 3.19. The lowest BCUT2D eigenvalue weighted by Gasteiger charge is -2.27. The molecule has 0 bridgehead atoms. The molecule has 0 radical (unpaired) electrons. The molecule has 1 saturated carbocycles. The number of hydrogen-bond donors (Lipinski definition) is 3. The fourth-order valence-corrected chi connectivity index (χ4v) is 4.57. The van der Waals surface area contributed by atoms with Gasteiger partial charge in [-0.3, -0.25) is 29.4 Å². The predicted molar refractivity (Wildman–Crippen MR) is 105 cm³/mol. The molecule has 2 fully saturated rings. The van der Waals surface area contributed by atoms with Gasteiger partial charge in [-0.25, -0.2) is 0 Å². The zero-order chi connectivity index (χ0) is 20.8. The van der Waals surface area contributed by atoms with Gasteiger partial charge in [-0.05, 0) is 55.3 Å². The number of nitrogens with one attached hydrogen (secondary N) is 2. The third kappa shape index (κ3) is 3.58. The fraction of sp³-hybridized carbons (Fsp3) is 0.524. The van der Waals surface area contributed by atoms with E-state index in [1.54, 1.807) is 12.1 Å². The van der Waals surface area contributed by atoms with Crippen molar-refractivity contribution in [1.82, 2.24) is 15.5 Å². The van der Waals surface area contributed by atoms with Gasteiger partial charge in [0.1, 0.15) is 6.04 Å². The molecule has 8 nitrogen and oxygen atoms in total. The zero-order valence-electron chi connectivity index (χ0n) is 16.5. The van der Waals surface area contributed by atoms with E-state index >= 15 is 0 Å².